The summed E-state index contributed by atoms with van der Waals surface area (Å²) in [7, 11) is 0. The Morgan fingerprint density at radius 3 is 2.33 bits per heavy atom. The number of rotatable bonds is 8. The van der Waals surface area contributed by atoms with E-state index in [0.717, 1.165) is 48.1 Å². The molecule has 1 spiro atoms. The average molecular weight is 569 g/mol. The minimum atomic E-state index is -0.954. The number of amides is 3. The number of hydrogen-bond donors (Lipinski definition) is 2. The van der Waals surface area contributed by atoms with Gasteiger partial charge in [-0.1, -0.05) is 45.0 Å². The van der Waals surface area contributed by atoms with Crippen molar-refractivity contribution in [1.29, 1.82) is 0 Å². The number of aliphatic carboxylic acids is 1. The van der Waals surface area contributed by atoms with Gasteiger partial charge >= 0.3 is 12.0 Å². The number of anilines is 1. The predicted octanol–water partition coefficient (Wildman–Crippen LogP) is 6.37. The molecule has 1 saturated carbocycles. The third-order valence-corrected chi connectivity index (χ3v) is 8.98. The van der Waals surface area contributed by atoms with Gasteiger partial charge in [0.25, 0.3) is 5.91 Å². The Morgan fingerprint density at radius 1 is 1.00 bits per heavy atom. The normalized spacial score (nSPS) is 20.6. The fourth-order valence-corrected chi connectivity index (χ4v) is 6.41. The molecule has 2 fully saturated rings. The van der Waals surface area contributed by atoms with Gasteiger partial charge in [0.1, 0.15) is 0 Å². The topological polar surface area (TPSA) is 103 Å². The molecular weight excluding hydrogens is 528 g/mol. The first-order valence-corrected chi connectivity index (χ1v) is 14.7. The molecule has 8 nitrogen and oxygen atoms in total. The van der Waals surface area contributed by atoms with Crippen molar-refractivity contribution in [2.45, 2.75) is 65.0 Å². The minimum Gasteiger partial charge on any atom is -0.481 e. The van der Waals surface area contributed by atoms with Crippen molar-refractivity contribution in [1.82, 2.24) is 15.2 Å². The fourth-order valence-electron chi connectivity index (χ4n) is 6.41. The number of nitrogens with zero attached hydrogens (tertiary/aromatic N) is 3. The molecule has 0 radical (unpaired) electrons. The largest absolute Gasteiger partial charge is 0.481 e. The zero-order chi connectivity index (χ0) is 29.9. The summed E-state index contributed by atoms with van der Waals surface area (Å²) in [6, 6.07) is 19.4. The smallest absolute Gasteiger partial charge is 0.325 e. The quantitative estimate of drug-likeness (QED) is 0.329. The monoisotopic (exact) mass is 568 g/mol. The van der Waals surface area contributed by atoms with Crippen LogP contribution in [0.15, 0.2) is 73.1 Å². The molecule has 220 valence electrons. The second-order valence-corrected chi connectivity index (χ2v) is 12.7. The van der Waals surface area contributed by atoms with Crippen molar-refractivity contribution in [2.24, 2.45) is 11.3 Å². The number of carbonyl (C=O) groups is 3. The summed E-state index contributed by atoms with van der Waals surface area (Å²) in [5.41, 5.74) is 4.38. The number of benzene rings is 2. The van der Waals surface area contributed by atoms with Gasteiger partial charge < -0.3 is 15.3 Å². The van der Waals surface area contributed by atoms with Crippen LogP contribution in [0.4, 0.5) is 10.5 Å². The molecule has 3 amide bonds. The molecular formula is C34H40N4O4. The molecule has 8 heteroatoms. The van der Waals surface area contributed by atoms with Gasteiger partial charge in [-0.25, -0.2) is 4.79 Å². The van der Waals surface area contributed by atoms with Crippen molar-refractivity contribution >= 4 is 23.6 Å². The Kier molecular flexibility index (Phi) is 8.34. The summed E-state index contributed by atoms with van der Waals surface area (Å²) in [6.07, 6.45) is 7.48. The maximum atomic E-state index is 14.2. The standard InChI is InChI=1S/C34H40N4O4/c1-33(2,3)28-11-16-34(17-12-28)23-37(29-6-4-5-27(21-29)25-13-18-35-19-14-25)32(42)38(34)22-24-7-9-26(10-8-24)31(41)36-20-15-30(39)40/h4-10,13-14,18-19,21,28H,11-12,15-17,20,22-23H2,1-3H3,(H,36,41)(H,39,40). The first-order chi connectivity index (χ1) is 20.1. The Labute approximate surface area is 247 Å². The molecule has 1 aliphatic carbocycles. The van der Waals surface area contributed by atoms with E-state index >= 15 is 0 Å². The van der Waals surface area contributed by atoms with Gasteiger partial charge in [0, 0.05) is 36.7 Å². The van der Waals surface area contributed by atoms with Gasteiger partial charge in [0.2, 0.25) is 0 Å². The number of urea groups is 1. The van der Waals surface area contributed by atoms with Gasteiger partial charge in [-0.2, -0.15) is 0 Å². The van der Waals surface area contributed by atoms with Crippen molar-refractivity contribution in [3.8, 4) is 11.1 Å². The highest BCUT2D eigenvalue weighted by atomic mass is 16.4. The van der Waals surface area contributed by atoms with E-state index in [1.165, 1.54) is 0 Å². The van der Waals surface area contributed by atoms with Crippen molar-refractivity contribution in [3.05, 3.63) is 84.2 Å². The number of carboxylic acids is 1. The Hall–Kier alpha value is -4.20. The predicted molar refractivity (Wildman–Crippen MR) is 163 cm³/mol. The van der Waals surface area contributed by atoms with Gasteiger partial charge in [-0.15, -0.1) is 0 Å². The van der Waals surface area contributed by atoms with E-state index < -0.39 is 5.97 Å². The second-order valence-electron chi connectivity index (χ2n) is 12.7. The number of carboxylic acid groups (broad SMARTS) is 1. The SMILES string of the molecule is CC(C)(C)C1CCC2(CC1)CN(c1cccc(-c3ccncc3)c1)C(=O)N2Cc1ccc(C(=O)NCCC(=O)O)cc1. The summed E-state index contributed by atoms with van der Waals surface area (Å²) in [5.74, 6) is -0.648. The number of carbonyl (C=O) groups excluding carboxylic acids is 2. The van der Waals surface area contributed by atoms with Gasteiger partial charge in [0.15, 0.2) is 0 Å². The molecule has 2 aliphatic rings. The Bertz CT molecular complexity index is 1420. The van der Waals surface area contributed by atoms with E-state index in [-0.39, 0.29) is 35.9 Å². The van der Waals surface area contributed by atoms with Crippen LogP contribution >= 0.6 is 0 Å². The average Bonchev–Trinajstić information content (AvgIpc) is 3.23. The highest BCUT2D eigenvalue weighted by molar-refractivity contribution is 5.96. The lowest BCUT2D eigenvalue weighted by atomic mass is 9.67. The summed E-state index contributed by atoms with van der Waals surface area (Å²) in [6.45, 7) is 8.11. The molecule has 0 bridgehead atoms. The highest BCUT2D eigenvalue weighted by Gasteiger charge is 2.52. The van der Waals surface area contributed by atoms with Gasteiger partial charge in [-0.05, 0) is 90.1 Å². The zero-order valence-corrected chi connectivity index (χ0v) is 24.7. The van der Waals surface area contributed by atoms with Crippen LogP contribution in [0.1, 0.15) is 68.8 Å². The van der Waals surface area contributed by atoms with Crippen LogP contribution in [-0.2, 0) is 11.3 Å². The van der Waals surface area contributed by atoms with Crippen LogP contribution in [-0.4, -0.2) is 51.5 Å². The molecule has 2 aromatic carbocycles. The van der Waals surface area contributed by atoms with Crippen LogP contribution in [0.2, 0.25) is 0 Å². The molecule has 2 heterocycles. The van der Waals surface area contributed by atoms with E-state index in [2.05, 4.69) is 48.1 Å². The number of aromatic nitrogens is 1. The summed E-state index contributed by atoms with van der Waals surface area (Å²) < 4.78 is 0. The van der Waals surface area contributed by atoms with E-state index in [0.29, 0.717) is 24.6 Å². The lowest BCUT2D eigenvalue weighted by molar-refractivity contribution is -0.136. The molecule has 1 aromatic heterocycles. The highest BCUT2D eigenvalue weighted by Crippen LogP contribution is 2.47. The first-order valence-electron chi connectivity index (χ1n) is 14.7. The third kappa shape index (κ3) is 6.32. The van der Waals surface area contributed by atoms with Crippen LogP contribution in [0.3, 0.4) is 0 Å². The van der Waals surface area contributed by atoms with Gasteiger partial charge in [-0.3, -0.25) is 19.5 Å². The van der Waals surface area contributed by atoms with E-state index in [9.17, 15) is 14.4 Å². The summed E-state index contributed by atoms with van der Waals surface area (Å²) >= 11 is 0. The van der Waals surface area contributed by atoms with Crippen LogP contribution in [0.5, 0.6) is 0 Å². The number of pyridine rings is 1. The number of nitrogens with one attached hydrogen (secondary N) is 1. The second kappa shape index (κ2) is 12.0. The lowest BCUT2D eigenvalue weighted by Gasteiger charge is -2.45. The van der Waals surface area contributed by atoms with E-state index in [4.69, 9.17) is 5.11 Å². The van der Waals surface area contributed by atoms with E-state index in [1.807, 2.05) is 41.3 Å². The molecule has 42 heavy (non-hydrogen) atoms. The molecule has 1 aliphatic heterocycles. The molecule has 3 aromatic rings. The van der Waals surface area contributed by atoms with Crippen molar-refractivity contribution in [3.63, 3.8) is 0 Å². The van der Waals surface area contributed by atoms with Crippen LogP contribution < -0.4 is 10.2 Å². The maximum Gasteiger partial charge on any atom is 0.325 e. The summed E-state index contributed by atoms with van der Waals surface area (Å²) in [5, 5.41) is 11.5. The molecule has 1 saturated heterocycles. The molecule has 0 atom stereocenters. The van der Waals surface area contributed by atoms with Crippen molar-refractivity contribution < 1.29 is 19.5 Å². The third-order valence-electron chi connectivity index (χ3n) is 8.98. The van der Waals surface area contributed by atoms with Gasteiger partial charge in [0.05, 0.1) is 18.5 Å². The zero-order valence-electron chi connectivity index (χ0n) is 24.7. The molecule has 2 N–H and O–H groups in total. The lowest BCUT2D eigenvalue weighted by Crippen LogP contribution is -2.50. The number of hydrogen-bond acceptors (Lipinski definition) is 4. The fraction of sp³-hybridized carbons (Fsp3) is 0.412. The summed E-state index contributed by atoms with van der Waals surface area (Å²) in [4.78, 5) is 45.5. The first kappa shape index (κ1) is 29.3. The van der Waals surface area contributed by atoms with Crippen molar-refractivity contribution in [2.75, 3.05) is 18.0 Å². The Morgan fingerprint density at radius 2 is 1.69 bits per heavy atom. The van der Waals surface area contributed by atoms with Crippen LogP contribution in [0.25, 0.3) is 11.1 Å². The Balaban J connectivity index is 1.39. The minimum absolute atomic E-state index is 0.00609. The van der Waals surface area contributed by atoms with E-state index in [1.54, 1.807) is 24.5 Å². The van der Waals surface area contributed by atoms with Crippen LogP contribution in [0, 0.1) is 11.3 Å². The maximum absolute atomic E-state index is 14.2. The molecule has 0 unspecified atom stereocenters. The molecule has 5 rings (SSSR count).